The van der Waals surface area contributed by atoms with Crippen LogP contribution in [0.5, 0.6) is 0 Å². The molecule has 0 radical (unpaired) electrons. The van der Waals surface area contributed by atoms with Gasteiger partial charge >= 0.3 is 0 Å². The number of halogens is 2. The molecule has 0 fully saturated rings. The van der Waals surface area contributed by atoms with Crippen LogP contribution in [0.3, 0.4) is 0 Å². The molecular weight excluding hydrogens is 250 g/mol. The van der Waals surface area contributed by atoms with Crippen LogP contribution in [-0.4, -0.2) is 37.3 Å². The molecule has 0 aromatic heterocycles. The summed E-state index contributed by atoms with van der Waals surface area (Å²) in [5, 5.41) is 12.3. The van der Waals surface area contributed by atoms with Crippen LogP contribution in [0.25, 0.3) is 0 Å². The van der Waals surface area contributed by atoms with E-state index in [9.17, 15) is 8.78 Å². The number of hydrogen-bond donors (Lipinski definition) is 2. The molecule has 0 heterocycles. The van der Waals surface area contributed by atoms with Gasteiger partial charge in [-0.3, -0.25) is 0 Å². The highest BCUT2D eigenvalue weighted by atomic mass is 19.3. The summed E-state index contributed by atoms with van der Waals surface area (Å²) >= 11 is 0. The van der Waals surface area contributed by atoms with E-state index in [-0.39, 0.29) is 19.7 Å². The topological polar surface area (TPSA) is 35.5 Å². The Hall–Kier alpha value is -1.20. The molecule has 19 heavy (non-hydrogen) atoms. The van der Waals surface area contributed by atoms with Crippen molar-refractivity contribution in [2.75, 3.05) is 24.6 Å². The fourth-order valence-corrected chi connectivity index (χ4v) is 1.88. The second kappa shape index (κ2) is 8.07. The van der Waals surface area contributed by atoms with Crippen LogP contribution in [0.4, 0.5) is 14.5 Å². The molecule has 1 rings (SSSR count). The third-order valence-electron chi connectivity index (χ3n) is 2.76. The van der Waals surface area contributed by atoms with Gasteiger partial charge in [0, 0.05) is 24.8 Å². The van der Waals surface area contributed by atoms with Gasteiger partial charge in [-0.05, 0) is 11.6 Å². The molecule has 5 heteroatoms. The van der Waals surface area contributed by atoms with Crippen molar-refractivity contribution in [3.8, 4) is 0 Å². The van der Waals surface area contributed by atoms with Gasteiger partial charge in [0.1, 0.15) is 0 Å². The predicted molar refractivity (Wildman–Crippen MR) is 73.7 cm³/mol. The van der Waals surface area contributed by atoms with Crippen LogP contribution < -0.4 is 10.2 Å². The van der Waals surface area contributed by atoms with Crippen molar-refractivity contribution < 1.29 is 13.9 Å². The van der Waals surface area contributed by atoms with Crippen LogP contribution in [-0.2, 0) is 6.54 Å². The number of nitrogens with one attached hydrogen (secondary N) is 1. The third kappa shape index (κ3) is 5.53. The molecule has 1 aromatic carbocycles. The largest absolute Gasteiger partial charge is 0.395 e. The molecule has 3 nitrogen and oxygen atoms in total. The highest BCUT2D eigenvalue weighted by Crippen LogP contribution is 2.21. The number of nitrogens with zero attached hydrogens (tertiary/aromatic N) is 1. The van der Waals surface area contributed by atoms with E-state index in [0.29, 0.717) is 12.6 Å². The molecule has 0 aliphatic heterocycles. The molecule has 0 unspecified atom stereocenters. The summed E-state index contributed by atoms with van der Waals surface area (Å²) in [5.41, 5.74) is 1.72. The average molecular weight is 272 g/mol. The fraction of sp³-hybridized carbons (Fsp3) is 0.571. The van der Waals surface area contributed by atoms with Crippen molar-refractivity contribution in [3.05, 3.63) is 29.8 Å². The van der Waals surface area contributed by atoms with Crippen LogP contribution >= 0.6 is 0 Å². The Morgan fingerprint density at radius 3 is 2.53 bits per heavy atom. The lowest BCUT2D eigenvalue weighted by Crippen LogP contribution is -2.33. The molecule has 108 valence electrons. The van der Waals surface area contributed by atoms with Crippen molar-refractivity contribution in [3.63, 3.8) is 0 Å². The van der Waals surface area contributed by atoms with Crippen LogP contribution in [0.2, 0.25) is 0 Å². The van der Waals surface area contributed by atoms with E-state index in [1.807, 2.05) is 38.1 Å². The summed E-state index contributed by atoms with van der Waals surface area (Å²) in [7, 11) is 0. The normalized spacial score (nSPS) is 11.3. The summed E-state index contributed by atoms with van der Waals surface area (Å²) < 4.78 is 25.2. The Kier molecular flexibility index (Phi) is 6.73. The van der Waals surface area contributed by atoms with Gasteiger partial charge in [-0.2, -0.15) is 0 Å². The minimum absolute atomic E-state index is 0.140. The lowest BCUT2D eigenvalue weighted by Gasteiger charge is -2.26. The first-order chi connectivity index (χ1) is 9.04. The predicted octanol–water partition coefficient (Wildman–Crippen LogP) is 2.25. The molecule has 0 aliphatic rings. The van der Waals surface area contributed by atoms with Crippen LogP contribution in [0.15, 0.2) is 24.3 Å². The second-order valence-electron chi connectivity index (χ2n) is 4.73. The summed E-state index contributed by atoms with van der Waals surface area (Å²) in [6.07, 6.45) is -2.42. The second-order valence-corrected chi connectivity index (χ2v) is 4.73. The monoisotopic (exact) mass is 272 g/mol. The average Bonchev–Trinajstić information content (AvgIpc) is 2.35. The molecule has 0 aliphatic carbocycles. The molecule has 0 atom stereocenters. The lowest BCUT2D eigenvalue weighted by molar-refractivity contribution is 0.152. The van der Waals surface area contributed by atoms with E-state index in [0.717, 1.165) is 11.3 Å². The van der Waals surface area contributed by atoms with Crippen LogP contribution in [0.1, 0.15) is 19.4 Å². The van der Waals surface area contributed by atoms with E-state index in [4.69, 9.17) is 5.11 Å². The van der Waals surface area contributed by atoms with Crippen LogP contribution in [0, 0.1) is 0 Å². The van der Waals surface area contributed by atoms with Gasteiger partial charge in [0.2, 0.25) is 0 Å². The Balaban J connectivity index is 2.87. The van der Waals surface area contributed by atoms with Crippen molar-refractivity contribution in [2.24, 2.45) is 0 Å². The molecule has 1 aromatic rings. The summed E-state index contributed by atoms with van der Waals surface area (Å²) in [4.78, 5) is 1.53. The Morgan fingerprint density at radius 2 is 1.95 bits per heavy atom. The fourth-order valence-electron chi connectivity index (χ4n) is 1.88. The zero-order chi connectivity index (χ0) is 14.3. The first kappa shape index (κ1) is 15.9. The standard InChI is InChI=1S/C14H22F2N2O/c1-11(2)17-9-12-5-3-4-6-13(12)18(7-8-19)10-14(15)16/h3-6,11,14,17,19H,7-10H2,1-2H3. The number of aliphatic hydroxyl groups is 1. The van der Waals surface area contributed by atoms with Gasteiger partial charge in [0.25, 0.3) is 6.43 Å². The number of benzene rings is 1. The van der Waals surface area contributed by atoms with E-state index >= 15 is 0 Å². The number of anilines is 1. The number of para-hydroxylation sites is 1. The van der Waals surface area contributed by atoms with Gasteiger partial charge in [-0.25, -0.2) is 8.78 Å². The van der Waals surface area contributed by atoms with Crippen molar-refractivity contribution in [1.82, 2.24) is 5.32 Å². The lowest BCUT2D eigenvalue weighted by atomic mass is 10.1. The Bertz CT molecular complexity index is 372. The minimum atomic E-state index is -2.42. The maximum absolute atomic E-state index is 12.6. The highest BCUT2D eigenvalue weighted by molar-refractivity contribution is 5.53. The maximum Gasteiger partial charge on any atom is 0.255 e. The smallest absolute Gasteiger partial charge is 0.255 e. The van der Waals surface area contributed by atoms with E-state index in [1.54, 1.807) is 0 Å². The van der Waals surface area contributed by atoms with E-state index in [1.165, 1.54) is 4.90 Å². The first-order valence-corrected chi connectivity index (χ1v) is 6.49. The minimum Gasteiger partial charge on any atom is -0.395 e. The quantitative estimate of drug-likeness (QED) is 0.762. The SMILES string of the molecule is CC(C)NCc1ccccc1N(CCO)CC(F)F. The van der Waals surface area contributed by atoms with Crippen molar-refractivity contribution in [1.29, 1.82) is 0 Å². The molecule has 0 amide bonds. The molecular formula is C14H22F2N2O. The molecule has 2 N–H and O–H groups in total. The van der Waals surface area contributed by atoms with Crippen molar-refractivity contribution in [2.45, 2.75) is 32.9 Å². The van der Waals surface area contributed by atoms with Gasteiger partial charge < -0.3 is 15.3 Å². The third-order valence-corrected chi connectivity index (χ3v) is 2.76. The zero-order valence-corrected chi connectivity index (χ0v) is 11.4. The Labute approximate surface area is 113 Å². The number of rotatable bonds is 8. The van der Waals surface area contributed by atoms with Crippen molar-refractivity contribution >= 4 is 5.69 Å². The first-order valence-electron chi connectivity index (χ1n) is 6.49. The maximum atomic E-state index is 12.6. The zero-order valence-electron chi connectivity index (χ0n) is 11.4. The van der Waals surface area contributed by atoms with Gasteiger partial charge in [0.15, 0.2) is 0 Å². The van der Waals surface area contributed by atoms with E-state index < -0.39 is 6.43 Å². The van der Waals surface area contributed by atoms with Gasteiger partial charge in [-0.15, -0.1) is 0 Å². The van der Waals surface area contributed by atoms with E-state index in [2.05, 4.69) is 5.32 Å². The Morgan fingerprint density at radius 1 is 1.26 bits per heavy atom. The summed E-state index contributed by atoms with van der Waals surface area (Å²) in [5.74, 6) is 0. The molecule has 0 bridgehead atoms. The number of aliphatic hydroxyl groups excluding tert-OH is 1. The summed E-state index contributed by atoms with van der Waals surface area (Å²) in [6, 6.07) is 7.77. The van der Waals surface area contributed by atoms with Gasteiger partial charge in [0.05, 0.1) is 13.2 Å². The molecule has 0 saturated carbocycles. The molecule has 0 saturated heterocycles. The number of hydrogen-bond acceptors (Lipinski definition) is 3. The summed E-state index contributed by atoms with van der Waals surface area (Å²) in [6.45, 7) is 4.40. The highest BCUT2D eigenvalue weighted by Gasteiger charge is 2.15. The van der Waals surface area contributed by atoms with Gasteiger partial charge in [-0.1, -0.05) is 32.0 Å². The number of alkyl halides is 2. The molecule has 0 spiro atoms.